The molecule has 0 aromatic heterocycles. The Morgan fingerprint density at radius 2 is 1.59 bits per heavy atom. The minimum absolute atomic E-state index is 0.0435. The molecule has 0 fully saturated rings. The number of rotatable bonds is 7. The summed E-state index contributed by atoms with van der Waals surface area (Å²) in [5.41, 5.74) is 4.43. The second-order valence-corrected chi connectivity index (χ2v) is 10.3. The van der Waals surface area contributed by atoms with E-state index in [1.165, 1.54) is 16.1 Å². The fourth-order valence-corrected chi connectivity index (χ4v) is 5.65. The molecular weight excluding hydrogens is 420 g/mol. The van der Waals surface area contributed by atoms with Crippen molar-refractivity contribution >= 4 is 21.6 Å². The van der Waals surface area contributed by atoms with Crippen molar-refractivity contribution in [3.63, 3.8) is 0 Å². The van der Waals surface area contributed by atoms with Crippen molar-refractivity contribution in [1.82, 2.24) is 4.90 Å². The first-order valence-electron chi connectivity index (χ1n) is 10.8. The number of carbonyl (C=O) groups is 1. The molecule has 166 valence electrons. The number of hydrogen-bond donors (Lipinski definition) is 0. The second-order valence-electron chi connectivity index (χ2n) is 8.40. The summed E-state index contributed by atoms with van der Waals surface area (Å²) < 4.78 is 25.9. The zero-order chi connectivity index (χ0) is 22.7. The van der Waals surface area contributed by atoms with Crippen LogP contribution in [0.4, 0.5) is 5.69 Å². The molecule has 3 aromatic carbocycles. The van der Waals surface area contributed by atoms with Crippen LogP contribution in [0, 0.1) is 0 Å². The zero-order valence-electron chi connectivity index (χ0n) is 18.4. The van der Waals surface area contributed by atoms with E-state index in [0.29, 0.717) is 30.8 Å². The Morgan fingerprint density at radius 1 is 0.969 bits per heavy atom. The molecule has 0 radical (unpaired) electrons. The fraction of sp³-hybridized carbons (Fsp3) is 0.269. The molecule has 5 nitrogen and oxygen atoms in total. The van der Waals surface area contributed by atoms with Gasteiger partial charge < -0.3 is 4.90 Å². The van der Waals surface area contributed by atoms with Crippen LogP contribution >= 0.6 is 0 Å². The lowest BCUT2D eigenvalue weighted by molar-refractivity contribution is 0.0745. The number of carbonyl (C=O) groups excluding carboxylic acids is 1. The highest BCUT2D eigenvalue weighted by Gasteiger charge is 2.33. The van der Waals surface area contributed by atoms with Gasteiger partial charge in [0.05, 0.1) is 11.9 Å². The highest BCUT2D eigenvalue weighted by atomic mass is 32.2. The quantitative estimate of drug-likeness (QED) is 0.542. The van der Waals surface area contributed by atoms with Crippen molar-refractivity contribution in [2.75, 3.05) is 17.1 Å². The van der Waals surface area contributed by atoms with Crippen molar-refractivity contribution in [3.05, 3.63) is 101 Å². The third-order valence-electron chi connectivity index (χ3n) is 5.85. The summed E-state index contributed by atoms with van der Waals surface area (Å²) in [7, 11) is -3.36. The fourth-order valence-electron chi connectivity index (χ4n) is 4.39. The van der Waals surface area contributed by atoms with Gasteiger partial charge in [-0.1, -0.05) is 60.7 Å². The number of amides is 1. The number of hydrogen-bond acceptors (Lipinski definition) is 3. The van der Waals surface area contributed by atoms with Crippen LogP contribution in [-0.2, 0) is 29.4 Å². The smallest absolute Gasteiger partial charge is 0.254 e. The molecule has 1 aliphatic heterocycles. The predicted octanol–water partition coefficient (Wildman–Crippen LogP) is 4.28. The first-order valence-corrected chi connectivity index (χ1v) is 12.7. The lowest BCUT2D eigenvalue weighted by Crippen LogP contribution is -2.34. The number of benzene rings is 3. The van der Waals surface area contributed by atoms with Gasteiger partial charge in [-0.05, 0) is 54.7 Å². The van der Waals surface area contributed by atoms with E-state index in [0.717, 1.165) is 17.5 Å². The maximum absolute atomic E-state index is 13.5. The molecule has 1 heterocycles. The molecule has 1 amide bonds. The van der Waals surface area contributed by atoms with Crippen LogP contribution in [0.3, 0.4) is 0 Å². The molecule has 0 aliphatic carbocycles. The minimum Gasteiger partial charge on any atom is -0.334 e. The minimum atomic E-state index is -3.36. The molecule has 1 aliphatic rings. The van der Waals surface area contributed by atoms with Crippen LogP contribution in [0.15, 0.2) is 78.9 Å². The molecule has 0 saturated heterocycles. The maximum atomic E-state index is 13.5. The van der Waals surface area contributed by atoms with Crippen LogP contribution in [0.1, 0.15) is 34.0 Å². The van der Waals surface area contributed by atoms with Crippen LogP contribution in [0.5, 0.6) is 0 Å². The normalized spacial score (nSPS) is 15.4. The van der Waals surface area contributed by atoms with Gasteiger partial charge >= 0.3 is 0 Å². The molecule has 1 atom stereocenters. The monoisotopic (exact) mass is 448 g/mol. The van der Waals surface area contributed by atoms with E-state index >= 15 is 0 Å². The van der Waals surface area contributed by atoms with E-state index in [1.54, 1.807) is 12.1 Å². The Labute approximate surface area is 190 Å². The molecule has 0 spiro atoms. The number of fused-ring (bicyclic) bond motifs is 1. The van der Waals surface area contributed by atoms with E-state index in [2.05, 4.69) is 12.1 Å². The molecule has 0 N–H and O–H groups in total. The average Bonchev–Trinajstić information content (AvgIpc) is 3.12. The lowest BCUT2D eigenvalue weighted by atomic mass is 10.0. The van der Waals surface area contributed by atoms with Gasteiger partial charge in [-0.3, -0.25) is 9.10 Å². The molecule has 0 bridgehead atoms. The van der Waals surface area contributed by atoms with Crippen molar-refractivity contribution < 1.29 is 13.2 Å². The third-order valence-corrected chi connectivity index (χ3v) is 7.12. The largest absolute Gasteiger partial charge is 0.334 e. The predicted molar refractivity (Wildman–Crippen MR) is 128 cm³/mol. The maximum Gasteiger partial charge on any atom is 0.254 e. The highest BCUT2D eigenvalue weighted by Crippen LogP contribution is 2.35. The number of sulfonamides is 1. The Morgan fingerprint density at radius 3 is 2.22 bits per heavy atom. The van der Waals surface area contributed by atoms with Gasteiger partial charge in [-0.25, -0.2) is 8.42 Å². The number of anilines is 1. The summed E-state index contributed by atoms with van der Waals surface area (Å²) in [6.45, 7) is 3.01. The van der Waals surface area contributed by atoms with Gasteiger partial charge in [0.2, 0.25) is 10.0 Å². The first-order chi connectivity index (χ1) is 15.3. The van der Waals surface area contributed by atoms with Crippen molar-refractivity contribution in [2.45, 2.75) is 32.4 Å². The molecule has 6 heteroatoms. The SMILES string of the molecule is CC1Cc2cc(C(=O)N(CCc3ccccc3)Cc3ccccc3)ccc2N1S(C)(=O)=O. The Balaban J connectivity index is 1.60. The summed E-state index contributed by atoms with van der Waals surface area (Å²) >= 11 is 0. The van der Waals surface area contributed by atoms with Crippen LogP contribution in [0.2, 0.25) is 0 Å². The molecular formula is C26H28N2O3S. The first kappa shape index (κ1) is 22.1. The Hall–Kier alpha value is -3.12. The highest BCUT2D eigenvalue weighted by molar-refractivity contribution is 7.92. The van der Waals surface area contributed by atoms with E-state index < -0.39 is 10.0 Å². The van der Waals surface area contributed by atoms with Crippen molar-refractivity contribution in [3.8, 4) is 0 Å². The van der Waals surface area contributed by atoms with Gasteiger partial charge in [-0.2, -0.15) is 0 Å². The molecule has 0 saturated carbocycles. The van der Waals surface area contributed by atoms with Gasteiger partial charge in [0, 0.05) is 24.7 Å². The Bertz CT molecular complexity index is 1190. The third kappa shape index (κ3) is 4.86. The van der Waals surface area contributed by atoms with Crippen LogP contribution in [0.25, 0.3) is 0 Å². The topological polar surface area (TPSA) is 57.7 Å². The Kier molecular flexibility index (Phi) is 6.33. The average molecular weight is 449 g/mol. The van der Waals surface area contributed by atoms with Gasteiger partial charge in [0.1, 0.15) is 0 Å². The summed E-state index contributed by atoms with van der Waals surface area (Å²) in [6.07, 6.45) is 2.60. The molecule has 3 aromatic rings. The molecule has 32 heavy (non-hydrogen) atoms. The van der Waals surface area contributed by atoms with Gasteiger partial charge in [-0.15, -0.1) is 0 Å². The molecule has 4 rings (SSSR count). The summed E-state index contributed by atoms with van der Waals surface area (Å²) in [5, 5.41) is 0. The summed E-state index contributed by atoms with van der Waals surface area (Å²) in [4.78, 5) is 15.4. The van der Waals surface area contributed by atoms with Gasteiger partial charge in [0.25, 0.3) is 5.91 Å². The lowest BCUT2D eigenvalue weighted by Gasteiger charge is -2.24. The number of nitrogens with zero attached hydrogens (tertiary/aromatic N) is 2. The van der Waals surface area contributed by atoms with Crippen LogP contribution in [-0.4, -0.2) is 38.1 Å². The molecule has 1 unspecified atom stereocenters. The zero-order valence-corrected chi connectivity index (χ0v) is 19.3. The summed E-state index contributed by atoms with van der Waals surface area (Å²) in [6, 6.07) is 25.3. The van der Waals surface area contributed by atoms with Crippen LogP contribution < -0.4 is 4.31 Å². The standard InChI is InChI=1S/C26H28N2O3S/c1-20-17-24-18-23(13-14-25(24)28(20)32(2,30)31)26(29)27(19-22-11-7-4-8-12-22)16-15-21-9-5-3-6-10-21/h3-14,18,20H,15-17,19H2,1-2H3. The van der Waals surface area contributed by atoms with Gasteiger partial charge in [0.15, 0.2) is 0 Å². The second kappa shape index (κ2) is 9.17. The van der Waals surface area contributed by atoms with E-state index in [4.69, 9.17) is 0 Å². The van der Waals surface area contributed by atoms with Crippen molar-refractivity contribution in [1.29, 1.82) is 0 Å². The van der Waals surface area contributed by atoms with E-state index in [1.807, 2.05) is 66.4 Å². The van der Waals surface area contributed by atoms with E-state index in [-0.39, 0.29) is 11.9 Å². The van der Waals surface area contributed by atoms with Crippen molar-refractivity contribution in [2.24, 2.45) is 0 Å². The van der Waals surface area contributed by atoms with E-state index in [9.17, 15) is 13.2 Å². The summed E-state index contributed by atoms with van der Waals surface area (Å²) in [5.74, 6) is -0.0435.